The number of nitrogens with zero attached hydrogens (tertiary/aromatic N) is 5. The van der Waals surface area contributed by atoms with Crippen molar-refractivity contribution in [1.82, 2.24) is 24.9 Å². The van der Waals surface area contributed by atoms with Crippen molar-refractivity contribution in [2.24, 2.45) is 24.8 Å². The second-order valence-electron chi connectivity index (χ2n) is 9.46. The molecule has 1 aliphatic carbocycles. The number of aryl methyl sites for hydroxylation is 2. The van der Waals surface area contributed by atoms with Crippen LogP contribution in [0.25, 0.3) is 11.4 Å². The van der Waals surface area contributed by atoms with E-state index in [2.05, 4.69) is 25.5 Å². The van der Waals surface area contributed by atoms with Crippen molar-refractivity contribution in [2.75, 3.05) is 25.0 Å². The van der Waals surface area contributed by atoms with Crippen LogP contribution >= 0.6 is 0 Å². The summed E-state index contributed by atoms with van der Waals surface area (Å²) < 4.78 is 15.8. The van der Waals surface area contributed by atoms with Crippen LogP contribution in [0.2, 0.25) is 0 Å². The van der Waals surface area contributed by atoms with Crippen molar-refractivity contribution in [3.63, 3.8) is 0 Å². The number of hydrogen-bond acceptors (Lipinski definition) is 5. The van der Waals surface area contributed by atoms with Crippen LogP contribution in [0.15, 0.2) is 42.6 Å². The highest BCUT2D eigenvalue weighted by molar-refractivity contribution is 5.59. The summed E-state index contributed by atoms with van der Waals surface area (Å²) in [6, 6.07) is 11.2. The summed E-state index contributed by atoms with van der Waals surface area (Å²) in [7, 11) is 1.92. The summed E-state index contributed by atoms with van der Waals surface area (Å²) in [6.45, 7) is 5.89. The second-order valence-corrected chi connectivity index (χ2v) is 9.46. The lowest BCUT2D eigenvalue weighted by molar-refractivity contribution is 0.284. The van der Waals surface area contributed by atoms with Gasteiger partial charge in [0, 0.05) is 38.8 Å². The number of hydrogen-bond donors (Lipinski definition) is 1. The molecular formula is C25H31FN6. The molecule has 0 bridgehead atoms. The summed E-state index contributed by atoms with van der Waals surface area (Å²) >= 11 is 0. The maximum atomic E-state index is 14.0. The molecule has 2 aliphatic rings. The Morgan fingerprint density at radius 2 is 1.84 bits per heavy atom. The van der Waals surface area contributed by atoms with Crippen LogP contribution in [-0.4, -0.2) is 44.5 Å². The topological polar surface area (TPSA) is 58.9 Å². The summed E-state index contributed by atoms with van der Waals surface area (Å²) in [6.07, 6.45) is 5.57. The molecule has 2 fully saturated rings. The first-order chi connectivity index (χ1) is 15.6. The molecule has 0 amide bonds. The number of nitrogens with one attached hydrogen (secondary N) is 1. The molecule has 168 valence electrons. The van der Waals surface area contributed by atoms with Gasteiger partial charge in [0.15, 0.2) is 0 Å². The Labute approximate surface area is 188 Å². The van der Waals surface area contributed by atoms with Gasteiger partial charge in [-0.15, -0.1) is 10.2 Å². The lowest BCUT2D eigenvalue weighted by Gasteiger charge is -2.19. The average molecular weight is 435 g/mol. The fourth-order valence-corrected chi connectivity index (χ4v) is 5.63. The summed E-state index contributed by atoms with van der Waals surface area (Å²) in [4.78, 5) is 2.43. The Balaban J connectivity index is 1.07. The molecule has 1 saturated carbocycles. The number of rotatable bonds is 7. The van der Waals surface area contributed by atoms with Gasteiger partial charge in [0.25, 0.3) is 0 Å². The van der Waals surface area contributed by atoms with Gasteiger partial charge in [-0.1, -0.05) is 18.2 Å². The third-order valence-corrected chi connectivity index (χ3v) is 7.16. The van der Waals surface area contributed by atoms with Crippen LogP contribution in [0, 0.1) is 30.5 Å². The Hall–Kier alpha value is -2.80. The highest BCUT2D eigenvalue weighted by Gasteiger charge is 2.40. The number of benzene rings is 1. The average Bonchev–Trinajstić information content (AvgIpc) is 3.43. The van der Waals surface area contributed by atoms with Gasteiger partial charge in [0.1, 0.15) is 17.3 Å². The Morgan fingerprint density at radius 1 is 1.06 bits per heavy atom. The van der Waals surface area contributed by atoms with E-state index in [4.69, 9.17) is 0 Å². The second kappa shape index (κ2) is 8.98. The lowest BCUT2D eigenvalue weighted by atomic mass is 10.0. The molecule has 7 heteroatoms. The standard InChI is InChI=1S/C25H31FN6/c1-17-13-28-31(2)25(17)23-7-8-24(30-29-23)27-10-9-18-11-20-15-32(16-21(20)12-18)14-19-5-3-4-6-22(19)26/h3-8,13,18,20-21H,9-12,14-16H2,1-2H3,(H,27,30)/t18?,20-,21+. The van der Waals surface area contributed by atoms with Crippen molar-refractivity contribution in [3.8, 4) is 11.4 Å². The minimum atomic E-state index is -0.0832. The van der Waals surface area contributed by atoms with Crippen LogP contribution in [0.1, 0.15) is 30.4 Å². The Kier molecular flexibility index (Phi) is 5.91. The van der Waals surface area contributed by atoms with E-state index in [-0.39, 0.29) is 5.82 Å². The molecule has 1 saturated heterocycles. The van der Waals surface area contributed by atoms with E-state index in [1.54, 1.807) is 12.1 Å². The Morgan fingerprint density at radius 3 is 2.50 bits per heavy atom. The number of likely N-dealkylation sites (tertiary alicyclic amines) is 1. The molecule has 3 atom stereocenters. The monoisotopic (exact) mass is 434 g/mol. The normalized spacial score (nSPS) is 22.9. The minimum Gasteiger partial charge on any atom is -0.369 e. The van der Waals surface area contributed by atoms with Crippen molar-refractivity contribution >= 4 is 5.82 Å². The van der Waals surface area contributed by atoms with Gasteiger partial charge in [-0.25, -0.2) is 4.39 Å². The molecule has 3 heterocycles. The van der Waals surface area contributed by atoms with Crippen molar-refractivity contribution < 1.29 is 4.39 Å². The van der Waals surface area contributed by atoms with Gasteiger partial charge in [-0.2, -0.15) is 5.10 Å². The van der Waals surface area contributed by atoms with E-state index in [9.17, 15) is 4.39 Å². The first-order valence-corrected chi connectivity index (χ1v) is 11.6. The van der Waals surface area contributed by atoms with Crippen molar-refractivity contribution in [2.45, 2.75) is 32.7 Å². The summed E-state index contributed by atoms with van der Waals surface area (Å²) in [5.74, 6) is 3.02. The minimum absolute atomic E-state index is 0.0832. The molecule has 0 radical (unpaired) electrons. The maximum Gasteiger partial charge on any atom is 0.148 e. The van der Waals surface area contributed by atoms with Gasteiger partial charge >= 0.3 is 0 Å². The number of fused-ring (bicyclic) bond motifs is 1. The molecule has 1 N–H and O–H groups in total. The zero-order valence-corrected chi connectivity index (χ0v) is 18.8. The molecule has 3 aromatic rings. The van der Waals surface area contributed by atoms with Gasteiger partial charge in [0.2, 0.25) is 0 Å². The first-order valence-electron chi connectivity index (χ1n) is 11.6. The fraction of sp³-hybridized carbons (Fsp3) is 0.480. The third kappa shape index (κ3) is 4.39. The van der Waals surface area contributed by atoms with Crippen LogP contribution in [-0.2, 0) is 13.6 Å². The van der Waals surface area contributed by atoms with Gasteiger partial charge in [-0.3, -0.25) is 9.58 Å². The number of anilines is 1. The highest BCUT2D eigenvalue weighted by atomic mass is 19.1. The summed E-state index contributed by atoms with van der Waals surface area (Å²) in [5, 5.41) is 16.5. The molecular weight excluding hydrogens is 403 g/mol. The fourth-order valence-electron chi connectivity index (χ4n) is 5.63. The van der Waals surface area contributed by atoms with E-state index >= 15 is 0 Å². The smallest absolute Gasteiger partial charge is 0.148 e. The molecule has 2 aromatic heterocycles. The highest BCUT2D eigenvalue weighted by Crippen LogP contribution is 2.43. The number of aromatic nitrogens is 4. The van der Waals surface area contributed by atoms with E-state index in [0.29, 0.717) is 0 Å². The molecule has 32 heavy (non-hydrogen) atoms. The third-order valence-electron chi connectivity index (χ3n) is 7.16. The molecule has 1 unspecified atom stereocenters. The predicted molar refractivity (Wildman–Crippen MR) is 123 cm³/mol. The predicted octanol–water partition coefficient (Wildman–Crippen LogP) is 4.28. The van der Waals surface area contributed by atoms with Crippen LogP contribution in [0.5, 0.6) is 0 Å². The maximum absolute atomic E-state index is 14.0. The quantitative estimate of drug-likeness (QED) is 0.601. The van der Waals surface area contributed by atoms with E-state index in [0.717, 1.165) is 78.7 Å². The van der Waals surface area contributed by atoms with Crippen molar-refractivity contribution in [1.29, 1.82) is 0 Å². The zero-order valence-electron chi connectivity index (χ0n) is 18.8. The number of halogens is 1. The molecule has 5 rings (SSSR count). The zero-order chi connectivity index (χ0) is 22.1. The Bertz CT molecular complexity index is 1030. The van der Waals surface area contributed by atoms with E-state index in [1.165, 1.54) is 12.8 Å². The lowest BCUT2D eigenvalue weighted by Crippen LogP contribution is -2.22. The van der Waals surface area contributed by atoms with Gasteiger partial charge in [0.05, 0.1) is 11.9 Å². The molecule has 1 aromatic carbocycles. The largest absolute Gasteiger partial charge is 0.369 e. The summed E-state index contributed by atoms with van der Waals surface area (Å²) in [5.41, 5.74) is 3.77. The van der Waals surface area contributed by atoms with Crippen LogP contribution in [0.4, 0.5) is 10.2 Å². The van der Waals surface area contributed by atoms with E-state index < -0.39 is 0 Å². The SMILES string of the molecule is Cc1cnn(C)c1-c1ccc(NCCC2C[C@@H]3CN(Cc4ccccc4F)C[C@@H]3C2)nn1. The van der Waals surface area contributed by atoms with Crippen molar-refractivity contribution in [3.05, 3.63) is 59.5 Å². The molecule has 1 aliphatic heterocycles. The molecule has 6 nitrogen and oxygen atoms in total. The van der Waals surface area contributed by atoms with E-state index in [1.807, 2.05) is 49.1 Å². The van der Waals surface area contributed by atoms with Crippen LogP contribution in [0.3, 0.4) is 0 Å². The molecule has 0 spiro atoms. The van der Waals surface area contributed by atoms with Gasteiger partial charge < -0.3 is 5.32 Å². The van der Waals surface area contributed by atoms with Crippen LogP contribution < -0.4 is 5.32 Å². The first kappa shape index (κ1) is 21.1. The van der Waals surface area contributed by atoms with Gasteiger partial charge in [-0.05, 0) is 67.7 Å².